The zero-order chi connectivity index (χ0) is 16.0. The van der Waals surface area contributed by atoms with E-state index >= 15 is 0 Å². The lowest BCUT2D eigenvalue weighted by molar-refractivity contribution is -0.143. The van der Waals surface area contributed by atoms with Crippen LogP contribution in [0.4, 0.5) is 17.6 Å². The van der Waals surface area contributed by atoms with Gasteiger partial charge in [-0.3, -0.25) is 4.79 Å². The van der Waals surface area contributed by atoms with Gasteiger partial charge in [0.25, 0.3) is 0 Å². The molecule has 1 aromatic rings. The second kappa shape index (κ2) is 7.59. The van der Waals surface area contributed by atoms with Crippen molar-refractivity contribution in [3.63, 3.8) is 0 Å². The van der Waals surface area contributed by atoms with E-state index in [0.717, 1.165) is 11.0 Å². The molecule has 116 valence electrons. The molecule has 2 nitrogen and oxygen atoms in total. The highest BCUT2D eigenvalue weighted by Crippen LogP contribution is 2.20. The minimum absolute atomic E-state index is 0.153. The van der Waals surface area contributed by atoms with E-state index in [0.29, 0.717) is 4.47 Å². The molecule has 0 unspecified atom stereocenters. The Bertz CT molecular complexity index is 528. The number of carbonyl (C=O) groups is 1. The van der Waals surface area contributed by atoms with Crippen LogP contribution in [-0.4, -0.2) is 30.1 Å². The number of halogens is 5. The van der Waals surface area contributed by atoms with Gasteiger partial charge in [-0.2, -0.15) is 13.2 Å². The number of hydrogen-bond donors (Lipinski definition) is 0. The number of likely N-dealkylation sites (N-methyl/N-ethyl adjacent to an activating group) is 1. The molecule has 0 heterocycles. The number of nitrogens with zero attached hydrogens (tertiary/aromatic N) is 1. The third-order valence-corrected chi connectivity index (χ3v) is 3.22. The summed E-state index contributed by atoms with van der Waals surface area (Å²) in [5.74, 6) is -1.10. The molecular weight excluding hydrogens is 354 g/mol. The standard InChI is InChI=1S/C14H14BrF4NO/c1-2-20(8-7-14(17,18)19)13(21)6-3-10-9-11(15)4-5-12(10)16/h3-6,9H,2,7-8H2,1H3/b6-3+. The van der Waals surface area contributed by atoms with Gasteiger partial charge in [-0.05, 0) is 31.2 Å². The topological polar surface area (TPSA) is 20.3 Å². The molecule has 0 aliphatic rings. The number of carbonyl (C=O) groups excluding carboxylic acids is 1. The SMILES string of the molecule is CCN(CCC(F)(F)F)C(=O)/C=C/c1cc(Br)ccc1F. The summed E-state index contributed by atoms with van der Waals surface area (Å²) < 4.78 is 50.6. The summed E-state index contributed by atoms with van der Waals surface area (Å²) in [6, 6.07) is 4.22. The first-order valence-electron chi connectivity index (χ1n) is 6.21. The van der Waals surface area contributed by atoms with Crippen LogP contribution >= 0.6 is 15.9 Å². The highest BCUT2D eigenvalue weighted by Gasteiger charge is 2.28. The first kappa shape index (κ1) is 17.7. The molecule has 1 rings (SSSR count). The molecule has 7 heteroatoms. The van der Waals surface area contributed by atoms with E-state index in [1.165, 1.54) is 24.3 Å². The Balaban J connectivity index is 2.73. The second-order valence-electron chi connectivity index (χ2n) is 4.28. The summed E-state index contributed by atoms with van der Waals surface area (Å²) in [7, 11) is 0. The smallest absolute Gasteiger partial charge is 0.339 e. The lowest BCUT2D eigenvalue weighted by Gasteiger charge is -2.19. The average Bonchev–Trinajstić information content (AvgIpc) is 2.39. The quantitative estimate of drug-likeness (QED) is 0.557. The Morgan fingerprint density at radius 2 is 2.05 bits per heavy atom. The van der Waals surface area contributed by atoms with Crippen molar-refractivity contribution >= 4 is 27.9 Å². The van der Waals surface area contributed by atoms with E-state index in [4.69, 9.17) is 0 Å². The van der Waals surface area contributed by atoms with Crippen LogP contribution < -0.4 is 0 Å². The van der Waals surface area contributed by atoms with Gasteiger partial charge in [0.2, 0.25) is 5.91 Å². The molecule has 0 fully saturated rings. The Hall–Kier alpha value is -1.37. The summed E-state index contributed by atoms with van der Waals surface area (Å²) in [4.78, 5) is 12.9. The first-order chi connectivity index (χ1) is 9.73. The van der Waals surface area contributed by atoms with Gasteiger partial charge in [0, 0.05) is 29.2 Å². The Kier molecular flexibility index (Phi) is 6.39. The van der Waals surface area contributed by atoms with E-state index in [9.17, 15) is 22.4 Å². The molecule has 21 heavy (non-hydrogen) atoms. The van der Waals surface area contributed by atoms with Crippen molar-refractivity contribution in [2.45, 2.75) is 19.5 Å². The van der Waals surface area contributed by atoms with Gasteiger partial charge in [-0.15, -0.1) is 0 Å². The summed E-state index contributed by atoms with van der Waals surface area (Å²) in [6.07, 6.45) is -3.05. The average molecular weight is 368 g/mol. The number of amides is 1. The molecule has 0 saturated heterocycles. The van der Waals surface area contributed by atoms with Gasteiger partial charge in [0.1, 0.15) is 5.82 Å². The molecule has 0 spiro atoms. The van der Waals surface area contributed by atoms with Crippen LogP contribution in [0, 0.1) is 5.82 Å². The normalized spacial score (nSPS) is 11.9. The van der Waals surface area contributed by atoms with Crippen molar-refractivity contribution in [2.75, 3.05) is 13.1 Å². The Morgan fingerprint density at radius 1 is 1.38 bits per heavy atom. The molecule has 1 amide bonds. The highest BCUT2D eigenvalue weighted by atomic mass is 79.9. The van der Waals surface area contributed by atoms with Gasteiger partial charge in [-0.1, -0.05) is 15.9 Å². The van der Waals surface area contributed by atoms with Crippen LogP contribution in [0.5, 0.6) is 0 Å². The van der Waals surface area contributed by atoms with Crippen molar-refractivity contribution < 1.29 is 22.4 Å². The van der Waals surface area contributed by atoms with Gasteiger partial charge < -0.3 is 4.90 Å². The summed E-state index contributed by atoms with van der Waals surface area (Å²) in [5.41, 5.74) is 0.185. The van der Waals surface area contributed by atoms with Crippen molar-refractivity contribution in [3.8, 4) is 0 Å². The molecule has 0 N–H and O–H groups in total. The maximum absolute atomic E-state index is 13.5. The van der Waals surface area contributed by atoms with Crippen LogP contribution in [0.15, 0.2) is 28.7 Å². The number of alkyl halides is 3. The molecule has 0 aromatic heterocycles. The third kappa shape index (κ3) is 6.29. The molecule has 1 aromatic carbocycles. The van der Waals surface area contributed by atoms with Gasteiger partial charge in [-0.25, -0.2) is 4.39 Å². The number of hydrogen-bond acceptors (Lipinski definition) is 1. The molecule has 0 radical (unpaired) electrons. The van der Waals surface area contributed by atoms with Crippen molar-refractivity contribution in [3.05, 3.63) is 40.1 Å². The third-order valence-electron chi connectivity index (χ3n) is 2.72. The molecular formula is C14H14BrF4NO. The van der Waals surface area contributed by atoms with Gasteiger partial charge in [0.15, 0.2) is 0 Å². The van der Waals surface area contributed by atoms with E-state index in [1.54, 1.807) is 6.92 Å². The monoisotopic (exact) mass is 367 g/mol. The van der Waals surface area contributed by atoms with Crippen LogP contribution in [0.1, 0.15) is 18.9 Å². The lowest BCUT2D eigenvalue weighted by Crippen LogP contribution is -2.32. The van der Waals surface area contributed by atoms with Crippen LogP contribution in [0.2, 0.25) is 0 Å². The highest BCUT2D eigenvalue weighted by molar-refractivity contribution is 9.10. The second-order valence-corrected chi connectivity index (χ2v) is 5.20. The lowest BCUT2D eigenvalue weighted by atomic mass is 10.2. The van der Waals surface area contributed by atoms with E-state index in [2.05, 4.69) is 15.9 Å². The number of benzene rings is 1. The van der Waals surface area contributed by atoms with Crippen molar-refractivity contribution in [2.24, 2.45) is 0 Å². The molecule has 0 aliphatic heterocycles. The van der Waals surface area contributed by atoms with Crippen molar-refractivity contribution in [1.29, 1.82) is 0 Å². The van der Waals surface area contributed by atoms with E-state index in [1.807, 2.05) is 0 Å². The maximum Gasteiger partial charge on any atom is 0.390 e. The van der Waals surface area contributed by atoms with Gasteiger partial charge >= 0.3 is 6.18 Å². The molecule has 0 saturated carbocycles. The Morgan fingerprint density at radius 3 is 2.62 bits per heavy atom. The summed E-state index contributed by atoms with van der Waals surface area (Å²) in [5, 5.41) is 0. The van der Waals surface area contributed by atoms with E-state index in [-0.39, 0.29) is 12.1 Å². The van der Waals surface area contributed by atoms with Crippen molar-refractivity contribution in [1.82, 2.24) is 4.90 Å². The zero-order valence-corrected chi connectivity index (χ0v) is 12.8. The fourth-order valence-electron chi connectivity index (χ4n) is 1.59. The summed E-state index contributed by atoms with van der Waals surface area (Å²) >= 11 is 3.17. The fraction of sp³-hybridized carbons (Fsp3) is 0.357. The largest absolute Gasteiger partial charge is 0.390 e. The molecule has 0 atom stereocenters. The maximum atomic E-state index is 13.5. The fourth-order valence-corrected chi connectivity index (χ4v) is 1.97. The van der Waals surface area contributed by atoms with Crippen LogP contribution in [0.3, 0.4) is 0 Å². The number of rotatable bonds is 5. The predicted octanol–water partition coefficient (Wildman–Crippen LogP) is 4.40. The van der Waals surface area contributed by atoms with E-state index < -0.39 is 30.9 Å². The minimum Gasteiger partial charge on any atom is -0.339 e. The van der Waals surface area contributed by atoms with Gasteiger partial charge in [0.05, 0.1) is 6.42 Å². The Labute approximate surface area is 128 Å². The predicted molar refractivity (Wildman–Crippen MR) is 76.1 cm³/mol. The summed E-state index contributed by atoms with van der Waals surface area (Å²) in [6.45, 7) is 1.33. The first-order valence-corrected chi connectivity index (χ1v) is 7.01. The molecule has 0 bridgehead atoms. The molecule has 0 aliphatic carbocycles. The van der Waals surface area contributed by atoms with Crippen LogP contribution in [-0.2, 0) is 4.79 Å². The zero-order valence-electron chi connectivity index (χ0n) is 11.3. The minimum atomic E-state index is -4.31. The van der Waals surface area contributed by atoms with Crippen LogP contribution in [0.25, 0.3) is 6.08 Å².